The van der Waals surface area contributed by atoms with E-state index in [-0.39, 0.29) is 30.7 Å². The lowest BCUT2D eigenvalue weighted by Crippen LogP contribution is -2.31. The lowest BCUT2D eigenvalue weighted by atomic mass is 9.85. The van der Waals surface area contributed by atoms with E-state index >= 15 is 0 Å². The van der Waals surface area contributed by atoms with Crippen LogP contribution in [0.15, 0.2) is 47.3 Å². The molecule has 1 aromatic heterocycles. The van der Waals surface area contributed by atoms with Gasteiger partial charge in [-0.05, 0) is 24.0 Å². The fraction of sp³-hybridized carbons (Fsp3) is 0.379. The second-order valence-electron chi connectivity index (χ2n) is 9.50. The Morgan fingerprint density at radius 2 is 1.97 bits per heavy atom. The fourth-order valence-corrected chi connectivity index (χ4v) is 4.86. The molecule has 196 valence electrons. The number of nitrogens with zero attached hydrogens (tertiary/aromatic N) is 1. The number of esters is 1. The average molecular weight is 526 g/mol. The van der Waals surface area contributed by atoms with E-state index < -0.39 is 17.1 Å². The molecule has 1 aliphatic heterocycles. The first kappa shape index (κ1) is 26.6. The summed E-state index contributed by atoms with van der Waals surface area (Å²) in [5.41, 5.74) is 1.28. The topological polar surface area (TPSA) is 87.0 Å². The zero-order valence-corrected chi connectivity index (χ0v) is 22.3. The van der Waals surface area contributed by atoms with Gasteiger partial charge in [0.05, 0.1) is 37.6 Å². The third kappa shape index (κ3) is 5.18. The number of hydrogen-bond acceptors (Lipinski definition) is 6. The smallest absolute Gasteiger partial charge is 0.347 e. The molecule has 0 amide bonds. The predicted octanol–water partition coefficient (Wildman–Crippen LogP) is 6.02. The summed E-state index contributed by atoms with van der Waals surface area (Å²) in [6.45, 7) is 7.00. The second-order valence-corrected chi connectivity index (χ2v) is 9.90. The second kappa shape index (κ2) is 11.3. The Morgan fingerprint density at radius 3 is 2.62 bits per heavy atom. The van der Waals surface area contributed by atoms with Crippen molar-refractivity contribution in [2.45, 2.75) is 46.1 Å². The summed E-state index contributed by atoms with van der Waals surface area (Å²) < 4.78 is 18.5. The molecule has 2 heterocycles. The molecule has 0 saturated heterocycles. The number of ether oxygens (including phenoxy) is 3. The lowest BCUT2D eigenvalue weighted by molar-refractivity contribution is 0.0594. The molecular weight excluding hydrogens is 494 g/mol. The number of carbonyl (C=O) groups is 1. The van der Waals surface area contributed by atoms with Crippen molar-refractivity contribution in [3.05, 3.63) is 74.5 Å². The number of hydrogen-bond donors (Lipinski definition) is 1. The number of fused-ring (bicyclic) bond motifs is 3. The van der Waals surface area contributed by atoms with E-state index in [2.05, 4.69) is 6.92 Å². The van der Waals surface area contributed by atoms with Crippen molar-refractivity contribution in [3.63, 3.8) is 0 Å². The van der Waals surface area contributed by atoms with Gasteiger partial charge in [-0.3, -0.25) is 4.79 Å². The molecule has 0 bridgehead atoms. The van der Waals surface area contributed by atoms with Crippen LogP contribution >= 0.6 is 11.6 Å². The summed E-state index contributed by atoms with van der Waals surface area (Å²) in [6, 6.07) is 12.9. The zero-order chi connectivity index (χ0) is 26.7. The Labute approximate surface area is 221 Å². The van der Waals surface area contributed by atoms with Crippen LogP contribution in [0.25, 0.3) is 11.3 Å². The van der Waals surface area contributed by atoms with Gasteiger partial charge in [0.15, 0.2) is 5.56 Å². The highest BCUT2D eigenvalue weighted by molar-refractivity contribution is 6.32. The maximum atomic E-state index is 13.8. The SMILES string of the molecule is CCCCOc1cc2c(cc1Cl)-c1c(c(O)c(C(=O)OC)c(=O)n1Cc1ccccc1)[C@H](C(C)C)CO2. The van der Waals surface area contributed by atoms with Crippen LogP contribution in [-0.4, -0.2) is 36.0 Å². The molecule has 3 aromatic rings. The first-order valence-corrected chi connectivity index (χ1v) is 12.9. The van der Waals surface area contributed by atoms with Crippen molar-refractivity contribution < 1.29 is 24.1 Å². The minimum absolute atomic E-state index is 0.0166. The van der Waals surface area contributed by atoms with Crippen molar-refractivity contribution >= 4 is 17.6 Å². The molecule has 1 N–H and O–H groups in total. The highest BCUT2D eigenvalue weighted by atomic mass is 35.5. The van der Waals surface area contributed by atoms with Gasteiger partial charge >= 0.3 is 5.97 Å². The normalized spacial score (nSPS) is 14.4. The third-order valence-electron chi connectivity index (χ3n) is 6.69. The quantitative estimate of drug-likeness (QED) is 0.286. The molecule has 0 unspecified atom stereocenters. The van der Waals surface area contributed by atoms with Gasteiger partial charge in [-0.1, -0.05) is 69.1 Å². The van der Waals surface area contributed by atoms with Gasteiger partial charge in [0.2, 0.25) is 0 Å². The minimum Gasteiger partial charge on any atom is -0.506 e. The summed E-state index contributed by atoms with van der Waals surface area (Å²) in [5, 5.41) is 11.8. The molecule has 4 rings (SSSR count). The van der Waals surface area contributed by atoms with Crippen LogP contribution in [-0.2, 0) is 11.3 Å². The fourth-order valence-electron chi connectivity index (χ4n) is 4.64. The number of rotatable bonds is 8. The Kier molecular flexibility index (Phi) is 8.13. The van der Waals surface area contributed by atoms with Crippen molar-refractivity contribution in [1.82, 2.24) is 4.57 Å². The molecule has 1 atom stereocenters. The number of halogens is 1. The zero-order valence-electron chi connectivity index (χ0n) is 21.5. The van der Waals surface area contributed by atoms with Gasteiger partial charge in [-0.15, -0.1) is 0 Å². The average Bonchev–Trinajstić information content (AvgIpc) is 3.04. The van der Waals surface area contributed by atoms with E-state index in [0.29, 0.717) is 39.9 Å². The first-order valence-electron chi connectivity index (χ1n) is 12.5. The number of benzene rings is 2. The highest BCUT2D eigenvalue weighted by Crippen LogP contribution is 2.48. The van der Waals surface area contributed by atoms with Crippen LogP contribution in [0.1, 0.15) is 61.0 Å². The standard InChI is InChI=1S/C29H32ClNO6/c1-5-6-12-36-23-14-22-19(13-21(23)30)26-24(20(16-37-22)17(2)3)27(32)25(29(34)35-4)28(33)31(26)15-18-10-8-7-9-11-18/h7-11,13-14,17,20,32H,5-6,12,15-16H2,1-4H3/t20-/m0/s1. The van der Waals surface area contributed by atoms with E-state index in [4.69, 9.17) is 25.8 Å². The van der Waals surface area contributed by atoms with E-state index in [9.17, 15) is 14.7 Å². The number of aromatic hydroxyl groups is 1. The van der Waals surface area contributed by atoms with Crippen molar-refractivity contribution in [2.75, 3.05) is 20.3 Å². The Balaban J connectivity index is 2.05. The maximum Gasteiger partial charge on any atom is 0.347 e. The molecule has 2 aromatic carbocycles. The molecule has 0 aliphatic carbocycles. The summed E-state index contributed by atoms with van der Waals surface area (Å²) in [6.07, 6.45) is 1.86. The van der Waals surface area contributed by atoms with Crippen LogP contribution in [0.5, 0.6) is 17.2 Å². The third-order valence-corrected chi connectivity index (χ3v) is 6.98. The number of methoxy groups -OCH3 is 1. The van der Waals surface area contributed by atoms with E-state index in [1.165, 1.54) is 11.7 Å². The minimum atomic E-state index is -0.891. The van der Waals surface area contributed by atoms with Crippen LogP contribution in [0.3, 0.4) is 0 Å². The molecule has 8 heteroatoms. The largest absolute Gasteiger partial charge is 0.506 e. The van der Waals surface area contributed by atoms with Crippen molar-refractivity contribution in [2.24, 2.45) is 5.92 Å². The van der Waals surface area contributed by atoms with Crippen LogP contribution in [0.2, 0.25) is 5.02 Å². The summed E-state index contributed by atoms with van der Waals surface area (Å²) >= 11 is 6.65. The van der Waals surface area contributed by atoms with Gasteiger partial charge < -0.3 is 23.9 Å². The lowest BCUT2D eigenvalue weighted by Gasteiger charge is -2.25. The summed E-state index contributed by atoms with van der Waals surface area (Å²) in [4.78, 5) is 26.5. The summed E-state index contributed by atoms with van der Waals surface area (Å²) in [5.74, 6) is -0.597. The van der Waals surface area contributed by atoms with Crippen LogP contribution in [0, 0.1) is 5.92 Å². The van der Waals surface area contributed by atoms with Gasteiger partial charge in [-0.2, -0.15) is 0 Å². The van der Waals surface area contributed by atoms with E-state index in [1.807, 2.05) is 44.2 Å². The monoisotopic (exact) mass is 525 g/mol. The van der Waals surface area contributed by atoms with Crippen molar-refractivity contribution in [1.29, 1.82) is 0 Å². The maximum absolute atomic E-state index is 13.8. The van der Waals surface area contributed by atoms with Crippen LogP contribution in [0.4, 0.5) is 0 Å². The Bertz CT molecular complexity index is 1350. The molecule has 37 heavy (non-hydrogen) atoms. The Hall–Kier alpha value is -3.45. The number of unbranched alkanes of at least 4 members (excludes halogenated alkanes) is 1. The molecule has 0 spiro atoms. The molecule has 0 radical (unpaired) electrons. The molecule has 0 fully saturated rings. The molecular formula is C29H32ClNO6. The van der Waals surface area contributed by atoms with Crippen molar-refractivity contribution in [3.8, 4) is 28.5 Å². The molecule has 1 aliphatic rings. The molecule has 7 nitrogen and oxygen atoms in total. The van der Waals surface area contributed by atoms with E-state index in [1.54, 1.807) is 12.1 Å². The first-order chi connectivity index (χ1) is 17.8. The van der Waals surface area contributed by atoms with Gasteiger partial charge in [0.1, 0.15) is 17.2 Å². The molecule has 0 saturated carbocycles. The van der Waals surface area contributed by atoms with Gasteiger partial charge in [0, 0.05) is 23.1 Å². The van der Waals surface area contributed by atoms with Crippen LogP contribution < -0.4 is 15.0 Å². The van der Waals surface area contributed by atoms with E-state index in [0.717, 1.165) is 18.4 Å². The van der Waals surface area contributed by atoms with Gasteiger partial charge in [-0.25, -0.2) is 4.79 Å². The highest BCUT2D eigenvalue weighted by Gasteiger charge is 2.36. The Morgan fingerprint density at radius 1 is 1.24 bits per heavy atom. The van der Waals surface area contributed by atoms with Gasteiger partial charge in [0.25, 0.3) is 5.56 Å². The number of aromatic nitrogens is 1. The number of pyridine rings is 1. The predicted molar refractivity (Wildman–Crippen MR) is 143 cm³/mol. The summed E-state index contributed by atoms with van der Waals surface area (Å²) in [7, 11) is 1.19. The number of carbonyl (C=O) groups excluding carboxylic acids is 1.